The molecule has 1 aromatic carbocycles. The van der Waals surface area contributed by atoms with Gasteiger partial charge in [-0.15, -0.1) is 12.6 Å². The highest BCUT2D eigenvalue weighted by molar-refractivity contribution is 8.10. The second kappa shape index (κ2) is 3.69. The normalized spacial score (nSPS) is 12.8. The Bertz CT molecular complexity index is 381. The number of sulfone groups is 1. The van der Waals surface area contributed by atoms with Gasteiger partial charge in [-0.25, -0.2) is 8.42 Å². The number of hydrogen-bond acceptors (Lipinski definition) is 3. The summed E-state index contributed by atoms with van der Waals surface area (Å²) < 4.78 is 20.9. The summed E-state index contributed by atoms with van der Waals surface area (Å²) in [6.45, 7) is 0. The number of rotatable bonds is 2. The number of benzene rings is 1. The van der Waals surface area contributed by atoms with Crippen LogP contribution in [0.1, 0.15) is 0 Å². The molecule has 0 saturated heterocycles. The number of halogens is 2. The first-order valence-corrected chi connectivity index (χ1v) is 5.94. The number of thiol groups is 1. The molecule has 0 aliphatic heterocycles. The molecular formula is C7H6Cl2O2S2. The van der Waals surface area contributed by atoms with Crippen molar-refractivity contribution in [2.75, 3.05) is 0 Å². The summed E-state index contributed by atoms with van der Waals surface area (Å²) in [7, 11) is -3.78. The predicted octanol–water partition coefficient (Wildman–Crippen LogP) is 2.48. The fourth-order valence-electron chi connectivity index (χ4n) is 0.741. The zero-order chi connectivity index (χ0) is 10.1. The van der Waals surface area contributed by atoms with E-state index in [1.54, 1.807) is 18.2 Å². The molecule has 0 N–H and O–H groups in total. The Hall–Kier alpha value is 0.1000. The maximum absolute atomic E-state index is 11.5. The van der Waals surface area contributed by atoms with Crippen LogP contribution in [0.4, 0.5) is 0 Å². The van der Waals surface area contributed by atoms with Crippen molar-refractivity contribution >= 4 is 45.7 Å². The Morgan fingerprint density at radius 1 is 1.15 bits per heavy atom. The van der Waals surface area contributed by atoms with Gasteiger partial charge in [0, 0.05) is 0 Å². The van der Waals surface area contributed by atoms with E-state index in [1.807, 2.05) is 0 Å². The molecule has 0 aliphatic rings. The molecule has 0 heterocycles. The third-order valence-electron chi connectivity index (χ3n) is 1.38. The second-order valence-electron chi connectivity index (χ2n) is 2.30. The van der Waals surface area contributed by atoms with Gasteiger partial charge in [-0.2, -0.15) is 0 Å². The highest BCUT2D eigenvalue weighted by Gasteiger charge is 2.37. The first-order valence-electron chi connectivity index (χ1n) is 3.25. The van der Waals surface area contributed by atoms with Crippen LogP contribution in [0.5, 0.6) is 0 Å². The summed E-state index contributed by atoms with van der Waals surface area (Å²) in [5.74, 6) is 0. The van der Waals surface area contributed by atoms with Crippen LogP contribution in [0.25, 0.3) is 0 Å². The third-order valence-corrected chi connectivity index (χ3v) is 4.86. The van der Waals surface area contributed by atoms with Crippen molar-refractivity contribution in [3.05, 3.63) is 30.3 Å². The Kier molecular flexibility index (Phi) is 3.17. The van der Waals surface area contributed by atoms with Gasteiger partial charge in [-0.3, -0.25) is 0 Å². The molecule has 6 heteroatoms. The van der Waals surface area contributed by atoms with Gasteiger partial charge in [0.1, 0.15) is 0 Å². The van der Waals surface area contributed by atoms with Crippen LogP contribution in [0.3, 0.4) is 0 Å². The lowest BCUT2D eigenvalue weighted by Crippen LogP contribution is -2.19. The fraction of sp³-hybridized carbons (Fsp3) is 0.143. The smallest absolute Gasteiger partial charge is 0.220 e. The number of hydrogen-bond donors (Lipinski definition) is 1. The first kappa shape index (κ1) is 11.2. The van der Waals surface area contributed by atoms with Crippen LogP contribution >= 0.6 is 35.8 Å². The van der Waals surface area contributed by atoms with Gasteiger partial charge in [-0.05, 0) is 12.1 Å². The lowest BCUT2D eigenvalue weighted by atomic mass is 10.4. The minimum atomic E-state index is -3.78. The molecule has 0 atom stereocenters. The average molecular weight is 257 g/mol. The Morgan fingerprint density at radius 3 is 2.00 bits per heavy atom. The van der Waals surface area contributed by atoms with Crippen molar-refractivity contribution in [1.29, 1.82) is 0 Å². The van der Waals surface area contributed by atoms with Gasteiger partial charge >= 0.3 is 0 Å². The van der Waals surface area contributed by atoms with Crippen molar-refractivity contribution in [2.45, 2.75) is 7.89 Å². The molecule has 0 amide bonds. The Balaban J connectivity index is 3.26. The van der Waals surface area contributed by atoms with E-state index in [0.29, 0.717) is 0 Å². The molecule has 0 aromatic heterocycles. The molecule has 0 unspecified atom stereocenters. The fourth-order valence-corrected chi connectivity index (χ4v) is 2.39. The monoisotopic (exact) mass is 256 g/mol. The molecule has 0 saturated carbocycles. The van der Waals surface area contributed by atoms with E-state index in [2.05, 4.69) is 12.6 Å². The SMILES string of the molecule is O=S(=O)(c1ccccc1)C(S)(Cl)Cl. The van der Waals surface area contributed by atoms with E-state index in [4.69, 9.17) is 23.2 Å². The van der Waals surface area contributed by atoms with E-state index in [9.17, 15) is 8.42 Å². The van der Waals surface area contributed by atoms with Gasteiger partial charge < -0.3 is 0 Å². The van der Waals surface area contributed by atoms with Crippen molar-refractivity contribution in [3.8, 4) is 0 Å². The summed E-state index contributed by atoms with van der Waals surface area (Å²) in [6.07, 6.45) is 0. The van der Waals surface area contributed by atoms with Crippen molar-refractivity contribution in [2.24, 2.45) is 0 Å². The summed E-state index contributed by atoms with van der Waals surface area (Å²) in [5.41, 5.74) is 0. The van der Waals surface area contributed by atoms with Gasteiger partial charge in [0.15, 0.2) is 0 Å². The minimum Gasteiger partial charge on any atom is -0.220 e. The molecule has 13 heavy (non-hydrogen) atoms. The minimum absolute atomic E-state index is 0.0509. The highest BCUT2D eigenvalue weighted by atomic mass is 35.5. The van der Waals surface area contributed by atoms with Crippen LogP contribution in [0, 0.1) is 0 Å². The number of alkyl halides is 2. The third kappa shape index (κ3) is 2.31. The second-order valence-corrected chi connectivity index (χ2v) is 7.67. The average Bonchev–Trinajstić information content (AvgIpc) is 2.04. The van der Waals surface area contributed by atoms with Crippen LogP contribution in [-0.2, 0) is 9.84 Å². The van der Waals surface area contributed by atoms with Gasteiger partial charge in [0.2, 0.25) is 9.84 Å². The lowest BCUT2D eigenvalue weighted by molar-refractivity contribution is 0.597. The molecule has 72 valence electrons. The van der Waals surface area contributed by atoms with Crippen LogP contribution in [-0.4, -0.2) is 11.4 Å². The lowest BCUT2D eigenvalue weighted by Gasteiger charge is -2.12. The molecule has 2 nitrogen and oxygen atoms in total. The summed E-state index contributed by atoms with van der Waals surface area (Å²) >= 11 is 14.4. The largest absolute Gasteiger partial charge is 0.266 e. The molecular weight excluding hydrogens is 251 g/mol. The van der Waals surface area contributed by atoms with Gasteiger partial charge in [0.25, 0.3) is 3.00 Å². The van der Waals surface area contributed by atoms with E-state index in [1.165, 1.54) is 12.1 Å². The highest BCUT2D eigenvalue weighted by Crippen LogP contribution is 2.36. The van der Waals surface area contributed by atoms with E-state index >= 15 is 0 Å². The first-order chi connectivity index (χ1) is 5.86. The molecule has 1 rings (SSSR count). The molecule has 1 aromatic rings. The van der Waals surface area contributed by atoms with Crippen molar-refractivity contribution < 1.29 is 8.42 Å². The summed E-state index contributed by atoms with van der Waals surface area (Å²) in [5, 5.41) is 0. The molecule has 0 fully saturated rings. The topological polar surface area (TPSA) is 34.1 Å². The van der Waals surface area contributed by atoms with Crippen LogP contribution in [0.2, 0.25) is 0 Å². The van der Waals surface area contributed by atoms with Crippen molar-refractivity contribution in [3.63, 3.8) is 0 Å². The van der Waals surface area contributed by atoms with Gasteiger partial charge in [0.05, 0.1) is 4.90 Å². The Labute approximate surface area is 92.2 Å². The van der Waals surface area contributed by atoms with Crippen LogP contribution < -0.4 is 0 Å². The van der Waals surface area contributed by atoms with Crippen molar-refractivity contribution in [1.82, 2.24) is 0 Å². The zero-order valence-corrected chi connectivity index (χ0v) is 9.54. The zero-order valence-electron chi connectivity index (χ0n) is 6.31. The maximum Gasteiger partial charge on any atom is 0.266 e. The van der Waals surface area contributed by atoms with E-state index in [-0.39, 0.29) is 4.90 Å². The van der Waals surface area contributed by atoms with Gasteiger partial charge in [-0.1, -0.05) is 41.4 Å². The quantitative estimate of drug-likeness (QED) is 0.652. The van der Waals surface area contributed by atoms with E-state index in [0.717, 1.165) is 0 Å². The molecule has 0 bridgehead atoms. The molecule has 0 spiro atoms. The Morgan fingerprint density at radius 2 is 1.62 bits per heavy atom. The summed E-state index contributed by atoms with van der Waals surface area (Å²) in [4.78, 5) is 0.0509. The standard InChI is InChI=1S/C7H6Cl2O2S2/c8-7(9,12)13(10,11)6-4-2-1-3-5-6/h1-5,12H. The van der Waals surface area contributed by atoms with E-state index < -0.39 is 12.8 Å². The summed E-state index contributed by atoms with van der Waals surface area (Å²) in [6, 6.07) is 7.68. The maximum atomic E-state index is 11.5. The molecule has 0 radical (unpaired) electrons. The van der Waals surface area contributed by atoms with Crippen LogP contribution in [0.15, 0.2) is 35.2 Å². The predicted molar refractivity (Wildman–Crippen MR) is 57.1 cm³/mol. The molecule has 0 aliphatic carbocycles.